The molecule has 0 spiro atoms. The monoisotopic (exact) mass is 467 g/mol. The first-order valence-corrected chi connectivity index (χ1v) is 12.3. The van der Waals surface area contributed by atoms with E-state index in [2.05, 4.69) is 45.9 Å². The van der Waals surface area contributed by atoms with Crippen molar-refractivity contribution < 1.29 is 4.79 Å². The van der Waals surface area contributed by atoms with E-state index in [9.17, 15) is 4.79 Å². The number of thiazole rings is 1. The van der Waals surface area contributed by atoms with Gasteiger partial charge in [-0.25, -0.2) is 4.98 Å². The zero-order valence-corrected chi connectivity index (χ0v) is 19.5. The average Bonchev–Trinajstić information content (AvgIpc) is 3.62. The number of hydrogen-bond acceptors (Lipinski definition) is 5. The van der Waals surface area contributed by atoms with Gasteiger partial charge in [0.05, 0.1) is 24.2 Å². The van der Waals surface area contributed by atoms with Crippen molar-refractivity contribution in [2.75, 3.05) is 16.8 Å². The highest BCUT2D eigenvalue weighted by Gasteiger charge is 2.28. The minimum atomic E-state index is -0.185. The molecule has 1 aliphatic heterocycles. The highest BCUT2D eigenvalue weighted by Crippen LogP contribution is 2.37. The van der Waals surface area contributed by atoms with Crippen LogP contribution < -0.4 is 10.2 Å². The van der Waals surface area contributed by atoms with Gasteiger partial charge in [0.15, 0.2) is 5.13 Å². The highest BCUT2D eigenvalue weighted by molar-refractivity contribution is 7.14. The Labute approximate surface area is 203 Å². The molecule has 1 saturated heterocycles. The van der Waals surface area contributed by atoms with Gasteiger partial charge < -0.3 is 9.47 Å². The molecule has 2 aromatic heterocycles. The highest BCUT2D eigenvalue weighted by atomic mass is 32.1. The van der Waals surface area contributed by atoms with Gasteiger partial charge in [0, 0.05) is 30.4 Å². The third kappa shape index (κ3) is 4.59. The van der Waals surface area contributed by atoms with Gasteiger partial charge in [0.25, 0.3) is 5.91 Å². The van der Waals surface area contributed by atoms with E-state index < -0.39 is 0 Å². The Balaban J connectivity index is 1.30. The molecule has 170 valence electrons. The van der Waals surface area contributed by atoms with Gasteiger partial charge >= 0.3 is 0 Å². The van der Waals surface area contributed by atoms with Gasteiger partial charge in [-0.15, -0.1) is 11.3 Å². The molecule has 3 heterocycles. The molecule has 6 nitrogen and oxygen atoms in total. The van der Waals surface area contributed by atoms with Crippen LogP contribution in [-0.2, 0) is 13.0 Å². The summed E-state index contributed by atoms with van der Waals surface area (Å²) in [5.41, 5.74) is 4.79. The largest absolute Gasteiger partial charge is 0.363 e. The second-order valence-corrected chi connectivity index (χ2v) is 9.20. The predicted molar refractivity (Wildman–Crippen MR) is 135 cm³/mol. The van der Waals surface area contributed by atoms with Crippen LogP contribution in [0.4, 0.5) is 10.8 Å². The Kier molecular flexibility index (Phi) is 6.41. The van der Waals surface area contributed by atoms with Crippen molar-refractivity contribution >= 4 is 28.1 Å². The third-order valence-corrected chi connectivity index (χ3v) is 6.99. The topological polar surface area (TPSA) is 74.0 Å². The molecule has 1 N–H and O–H groups in total. The fourth-order valence-corrected chi connectivity index (χ4v) is 5.32. The molecule has 0 radical (unpaired) electrons. The smallest absolute Gasteiger partial charge is 0.274 e. The van der Waals surface area contributed by atoms with E-state index in [1.807, 2.05) is 53.2 Å². The second-order valence-electron chi connectivity index (χ2n) is 8.34. The molecule has 0 aliphatic carbocycles. The van der Waals surface area contributed by atoms with Crippen LogP contribution in [0.1, 0.15) is 46.2 Å². The van der Waals surface area contributed by atoms with E-state index in [1.54, 1.807) is 0 Å². The number of anilines is 2. The van der Waals surface area contributed by atoms with Gasteiger partial charge in [-0.1, -0.05) is 42.5 Å². The maximum Gasteiger partial charge on any atom is 0.274 e. The molecule has 34 heavy (non-hydrogen) atoms. The molecule has 0 bridgehead atoms. The summed E-state index contributed by atoms with van der Waals surface area (Å²) in [4.78, 5) is 20.2. The Morgan fingerprint density at radius 2 is 1.88 bits per heavy atom. The van der Waals surface area contributed by atoms with Crippen LogP contribution in [-0.4, -0.2) is 22.0 Å². The molecule has 7 heteroatoms. The lowest BCUT2D eigenvalue weighted by Crippen LogP contribution is -2.22. The zero-order valence-electron chi connectivity index (χ0n) is 18.7. The predicted octanol–water partition coefficient (Wildman–Crippen LogP) is 5.65. The molecule has 1 amide bonds. The lowest BCUT2D eigenvalue weighted by atomic mass is 10.1. The summed E-state index contributed by atoms with van der Waals surface area (Å²) >= 11 is 1.46. The Morgan fingerprint density at radius 3 is 2.71 bits per heavy atom. The minimum Gasteiger partial charge on any atom is -0.363 e. The summed E-state index contributed by atoms with van der Waals surface area (Å²) in [6.45, 7) is 1.54. The number of rotatable bonds is 7. The number of carbonyl (C=O) groups is 1. The summed E-state index contributed by atoms with van der Waals surface area (Å²) in [7, 11) is 0. The standard InChI is InChI=1S/C27H25N5OS/c28-15-14-20-8-4-5-9-21(20)18-31-16-6-13-25(31)26(33)30-27-29-23(19-34-27)24-12-7-17-32(24)22-10-2-1-3-11-22/h1-6,8-11,13,16,19,24H,7,12,14,17-18H2,(H,29,30,33)/t24-/m1/s1. The molecule has 4 aromatic rings. The summed E-state index contributed by atoms with van der Waals surface area (Å²) < 4.78 is 1.91. The van der Waals surface area contributed by atoms with Crippen LogP contribution in [0.15, 0.2) is 78.3 Å². The Morgan fingerprint density at radius 1 is 1.09 bits per heavy atom. The molecule has 1 atom stereocenters. The van der Waals surface area contributed by atoms with E-state index in [-0.39, 0.29) is 11.9 Å². The molecule has 0 saturated carbocycles. The van der Waals surface area contributed by atoms with E-state index in [1.165, 1.54) is 17.0 Å². The molecule has 0 unspecified atom stereocenters. The number of nitrogens with one attached hydrogen (secondary N) is 1. The third-order valence-electron chi connectivity index (χ3n) is 6.22. The Hall–Kier alpha value is -3.89. The van der Waals surface area contributed by atoms with Crippen LogP contribution in [0, 0.1) is 11.3 Å². The normalized spacial score (nSPS) is 15.3. The van der Waals surface area contributed by atoms with E-state index in [0.717, 1.165) is 36.2 Å². The SMILES string of the molecule is N#CCc1ccccc1Cn1cccc1C(=O)Nc1nc([C@H]2CCCN2c2ccccc2)cs1. The zero-order chi connectivity index (χ0) is 23.3. The fraction of sp³-hybridized carbons (Fsp3) is 0.222. The molecule has 1 aliphatic rings. The number of carbonyl (C=O) groups excluding carboxylic acids is 1. The van der Waals surface area contributed by atoms with Crippen molar-refractivity contribution in [2.24, 2.45) is 0 Å². The molecular formula is C27H25N5OS. The molecule has 2 aromatic carbocycles. The Bertz CT molecular complexity index is 1320. The maximum absolute atomic E-state index is 13.1. The van der Waals surface area contributed by atoms with Gasteiger partial charge in [0.2, 0.25) is 0 Å². The first kappa shape index (κ1) is 21.9. The van der Waals surface area contributed by atoms with E-state index in [0.29, 0.717) is 23.8 Å². The van der Waals surface area contributed by atoms with Crippen molar-refractivity contribution in [3.8, 4) is 6.07 Å². The molecular weight excluding hydrogens is 442 g/mol. The van der Waals surface area contributed by atoms with Crippen LogP contribution in [0.2, 0.25) is 0 Å². The first-order chi connectivity index (χ1) is 16.7. The summed E-state index contributed by atoms with van der Waals surface area (Å²) in [6.07, 6.45) is 4.42. The maximum atomic E-state index is 13.1. The number of benzene rings is 2. The number of amides is 1. The van der Waals surface area contributed by atoms with E-state index >= 15 is 0 Å². The fourth-order valence-electron chi connectivity index (χ4n) is 4.57. The van der Waals surface area contributed by atoms with E-state index in [4.69, 9.17) is 10.2 Å². The van der Waals surface area contributed by atoms with Crippen LogP contribution in [0.5, 0.6) is 0 Å². The van der Waals surface area contributed by atoms with Crippen molar-refractivity contribution in [1.29, 1.82) is 5.26 Å². The number of hydrogen-bond donors (Lipinski definition) is 1. The lowest BCUT2D eigenvalue weighted by Gasteiger charge is -2.25. The number of para-hydroxylation sites is 1. The number of nitrogens with zero attached hydrogens (tertiary/aromatic N) is 4. The van der Waals surface area contributed by atoms with Crippen molar-refractivity contribution in [1.82, 2.24) is 9.55 Å². The van der Waals surface area contributed by atoms with Crippen LogP contribution in [0.25, 0.3) is 0 Å². The average molecular weight is 468 g/mol. The van der Waals surface area contributed by atoms with Crippen molar-refractivity contribution in [3.05, 3.63) is 101 Å². The summed E-state index contributed by atoms with van der Waals surface area (Å²) in [6, 6.07) is 24.4. The lowest BCUT2D eigenvalue weighted by molar-refractivity contribution is 0.101. The van der Waals surface area contributed by atoms with Crippen molar-refractivity contribution in [2.45, 2.75) is 31.8 Å². The second kappa shape index (κ2) is 9.94. The molecule has 5 rings (SSSR count). The van der Waals surface area contributed by atoms with Gasteiger partial charge in [0.1, 0.15) is 5.69 Å². The van der Waals surface area contributed by atoms with Gasteiger partial charge in [-0.3, -0.25) is 10.1 Å². The minimum absolute atomic E-state index is 0.185. The van der Waals surface area contributed by atoms with Crippen LogP contribution >= 0.6 is 11.3 Å². The van der Waals surface area contributed by atoms with Crippen LogP contribution in [0.3, 0.4) is 0 Å². The quantitative estimate of drug-likeness (QED) is 0.381. The molecule has 1 fully saturated rings. The number of aromatic nitrogens is 2. The van der Waals surface area contributed by atoms with Gasteiger partial charge in [-0.2, -0.15) is 5.26 Å². The summed E-state index contributed by atoms with van der Waals surface area (Å²) in [5, 5.41) is 14.8. The first-order valence-electron chi connectivity index (χ1n) is 11.4. The van der Waals surface area contributed by atoms with Gasteiger partial charge in [-0.05, 0) is 48.2 Å². The summed E-state index contributed by atoms with van der Waals surface area (Å²) in [5.74, 6) is -0.185. The number of nitriles is 1. The van der Waals surface area contributed by atoms with Crippen molar-refractivity contribution in [3.63, 3.8) is 0 Å².